The number of amides is 1. The van der Waals surface area contributed by atoms with E-state index in [0.29, 0.717) is 5.69 Å². The molecule has 2 aromatic rings. The van der Waals surface area contributed by atoms with Crippen LogP contribution in [0.15, 0.2) is 48.5 Å². The van der Waals surface area contributed by atoms with Crippen molar-refractivity contribution in [1.82, 2.24) is 0 Å². The number of sulfonamides is 1. The molecule has 4 fully saturated rings. The average Bonchev–Trinajstić information content (AvgIpc) is 2.76. The van der Waals surface area contributed by atoms with Crippen molar-refractivity contribution in [2.45, 2.75) is 50.1 Å². The van der Waals surface area contributed by atoms with Crippen LogP contribution in [-0.2, 0) is 26.4 Å². The fourth-order valence-corrected chi connectivity index (χ4v) is 7.86. The van der Waals surface area contributed by atoms with Gasteiger partial charge in [0.05, 0.1) is 23.2 Å². The summed E-state index contributed by atoms with van der Waals surface area (Å²) in [7, 11) is -3.85. The minimum Gasteiger partial charge on any atom is -0.324 e. The molecule has 0 atom stereocenters. The summed E-state index contributed by atoms with van der Waals surface area (Å²) in [5, 5.41) is 2.22. The molecule has 0 spiro atoms. The van der Waals surface area contributed by atoms with Crippen molar-refractivity contribution < 1.29 is 26.4 Å². The Morgan fingerprint density at radius 3 is 2.03 bits per heavy atom. The highest BCUT2D eigenvalue weighted by Crippen LogP contribution is 2.60. The quantitative estimate of drug-likeness (QED) is 0.557. The Morgan fingerprint density at radius 1 is 0.971 bits per heavy atom. The van der Waals surface area contributed by atoms with Gasteiger partial charge in [-0.3, -0.25) is 9.10 Å². The summed E-state index contributed by atoms with van der Waals surface area (Å²) in [4.78, 5) is 12.6. The van der Waals surface area contributed by atoms with Crippen molar-refractivity contribution in [1.29, 1.82) is 0 Å². The Labute approximate surface area is 203 Å². The maximum atomic E-state index is 13.3. The summed E-state index contributed by atoms with van der Waals surface area (Å²) in [5.41, 5.74) is 0.300. The zero-order valence-electron chi connectivity index (χ0n) is 19.5. The second-order valence-electron chi connectivity index (χ2n) is 10.6. The number of nitrogens with one attached hydrogen (secondary N) is 1. The van der Waals surface area contributed by atoms with Gasteiger partial charge in [0.25, 0.3) is 0 Å². The van der Waals surface area contributed by atoms with Crippen molar-refractivity contribution in [3.05, 3.63) is 59.7 Å². The van der Waals surface area contributed by atoms with Crippen LogP contribution in [0.5, 0.6) is 0 Å². The van der Waals surface area contributed by atoms with Gasteiger partial charge in [-0.1, -0.05) is 24.3 Å². The van der Waals surface area contributed by atoms with Crippen molar-refractivity contribution >= 4 is 27.3 Å². The lowest BCUT2D eigenvalue weighted by Gasteiger charge is -2.57. The monoisotopic (exact) mass is 506 g/mol. The number of hydrogen-bond acceptors (Lipinski definition) is 3. The van der Waals surface area contributed by atoms with Gasteiger partial charge in [-0.05, 0) is 91.5 Å². The number of halogens is 3. The molecule has 0 heterocycles. The molecule has 4 aliphatic rings. The number of rotatable bonds is 6. The maximum Gasteiger partial charge on any atom is 0.418 e. The van der Waals surface area contributed by atoms with Crippen LogP contribution >= 0.6 is 0 Å². The molecule has 5 nitrogen and oxygen atoms in total. The Kier molecular flexibility index (Phi) is 5.89. The molecule has 1 N–H and O–H groups in total. The van der Waals surface area contributed by atoms with Gasteiger partial charge in [0.2, 0.25) is 15.9 Å². The highest BCUT2D eigenvalue weighted by Gasteiger charge is 2.51. The molecule has 4 aliphatic carbocycles. The normalized spacial score (nSPS) is 27.6. The number of benzene rings is 2. The number of para-hydroxylation sites is 1. The van der Waals surface area contributed by atoms with Gasteiger partial charge in [0, 0.05) is 0 Å². The summed E-state index contributed by atoms with van der Waals surface area (Å²) >= 11 is 0. The Bertz CT molecular complexity index is 1190. The van der Waals surface area contributed by atoms with Gasteiger partial charge >= 0.3 is 6.18 Å². The van der Waals surface area contributed by atoms with E-state index in [1.807, 2.05) is 12.1 Å². The first-order valence-corrected chi connectivity index (χ1v) is 13.8. The fourth-order valence-electron chi connectivity index (χ4n) is 7.00. The number of anilines is 2. The molecule has 4 saturated carbocycles. The second-order valence-corrected chi connectivity index (χ2v) is 12.5. The minimum atomic E-state index is -4.65. The van der Waals surface area contributed by atoms with Crippen molar-refractivity contribution in [2.24, 2.45) is 17.8 Å². The van der Waals surface area contributed by atoms with Gasteiger partial charge in [0.1, 0.15) is 6.54 Å². The minimum absolute atomic E-state index is 0.155. The van der Waals surface area contributed by atoms with E-state index in [1.54, 1.807) is 12.1 Å². The zero-order chi connectivity index (χ0) is 25.0. The van der Waals surface area contributed by atoms with Gasteiger partial charge in [-0.2, -0.15) is 13.2 Å². The third-order valence-corrected chi connectivity index (χ3v) is 9.14. The molecular weight excluding hydrogens is 477 g/mol. The van der Waals surface area contributed by atoms with Gasteiger partial charge in [-0.15, -0.1) is 0 Å². The first-order valence-electron chi connectivity index (χ1n) is 12.0. The molecule has 0 aromatic heterocycles. The molecule has 0 aliphatic heterocycles. The molecule has 6 rings (SSSR count). The Morgan fingerprint density at radius 2 is 1.51 bits per heavy atom. The SMILES string of the molecule is CS(=O)(=O)N(CC(=O)Nc1ccccc1C(F)(F)F)c1ccc(C23CC4CC(CC(C4)C2)C3)cc1. The molecule has 35 heavy (non-hydrogen) atoms. The fraction of sp³-hybridized carbons (Fsp3) is 0.500. The largest absolute Gasteiger partial charge is 0.418 e. The van der Waals surface area contributed by atoms with Crippen LogP contribution in [0.4, 0.5) is 24.5 Å². The van der Waals surface area contributed by atoms with E-state index in [2.05, 4.69) is 5.32 Å². The van der Waals surface area contributed by atoms with Crippen LogP contribution < -0.4 is 9.62 Å². The lowest BCUT2D eigenvalue weighted by atomic mass is 9.48. The summed E-state index contributed by atoms with van der Waals surface area (Å²) in [6.45, 7) is -0.623. The van der Waals surface area contributed by atoms with Crippen LogP contribution in [0.25, 0.3) is 0 Å². The summed E-state index contributed by atoms with van der Waals surface area (Å²) in [6.07, 6.45) is 3.84. The van der Waals surface area contributed by atoms with Crippen LogP contribution in [0, 0.1) is 17.8 Å². The second kappa shape index (κ2) is 8.54. The summed E-state index contributed by atoms with van der Waals surface area (Å²) < 4.78 is 65.8. The highest BCUT2D eigenvalue weighted by molar-refractivity contribution is 7.92. The lowest BCUT2D eigenvalue weighted by molar-refractivity contribution is -0.137. The average molecular weight is 507 g/mol. The van der Waals surface area contributed by atoms with Gasteiger partial charge < -0.3 is 5.32 Å². The van der Waals surface area contributed by atoms with Crippen LogP contribution in [0.1, 0.15) is 49.7 Å². The van der Waals surface area contributed by atoms with E-state index >= 15 is 0 Å². The number of carbonyl (C=O) groups is 1. The Hall–Kier alpha value is -2.55. The Balaban J connectivity index is 1.35. The molecule has 0 unspecified atom stereocenters. The van der Waals surface area contributed by atoms with E-state index < -0.39 is 39.9 Å². The number of hydrogen-bond donors (Lipinski definition) is 1. The molecule has 0 radical (unpaired) electrons. The van der Waals surface area contributed by atoms with Gasteiger partial charge in [-0.25, -0.2) is 8.42 Å². The number of carbonyl (C=O) groups excluding carboxylic acids is 1. The van der Waals surface area contributed by atoms with Crippen LogP contribution in [0.3, 0.4) is 0 Å². The molecule has 4 bridgehead atoms. The third kappa shape index (κ3) is 4.79. The van der Waals surface area contributed by atoms with Crippen molar-refractivity contribution in [2.75, 3.05) is 22.4 Å². The molecule has 1 amide bonds. The topological polar surface area (TPSA) is 66.5 Å². The predicted molar refractivity (Wildman–Crippen MR) is 129 cm³/mol. The van der Waals surface area contributed by atoms with E-state index in [-0.39, 0.29) is 5.41 Å². The smallest absolute Gasteiger partial charge is 0.324 e. The molecule has 188 valence electrons. The number of nitrogens with zero attached hydrogens (tertiary/aromatic N) is 1. The van der Waals surface area contributed by atoms with Crippen LogP contribution in [-0.4, -0.2) is 27.1 Å². The van der Waals surface area contributed by atoms with E-state index in [4.69, 9.17) is 0 Å². The van der Waals surface area contributed by atoms with Crippen molar-refractivity contribution in [3.8, 4) is 0 Å². The molecule has 0 saturated heterocycles. The summed E-state index contributed by atoms with van der Waals surface area (Å²) in [5.74, 6) is 1.47. The van der Waals surface area contributed by atoms with E-state index in [1.165, 1.54) is 56.2 Å². The first-order chi connectivity index (χ1) is 16.4. The van der Waals surface area contributed by atoms with E-state index in [0.717, 1.165) is 40.4 Å². The predicted octanol–water partition coefficient (Wildman–Crippen LogP) is 5.58. The first kappa shape index (κ1) is 24.2. The van der Waals surface area contributed by atoms with Crippen LogP contribution in [0.2, 0.25) is 0 Å². The third-order valence-electron chi connectivity index (χ3n) is 8.00. The van der Waals surface area contributed by atoms with Gasteiger partial charge in [0.15, 0.2) is 0 Å². The van der Waals surface area contributed by atoms with E-state index in [9.17, 15) is 26.4 Å². The lowest BCUT2D eigenvalue weighted by Crippen LogP contribution is -2.48. The molecule has 2 aromatic carbocycles. The summed E-state index contributed by atoms with van der Waals surface area (Å²) in [6, 6.07) is 12.0. The zero-order valence-corrected chi connectivity index (χ0v) is 20.3. The molecular formula is C26H29F3N2O3S. The van der Waals surface area contributed by atoms with Crippen molar-refractivity contribution in [3.63, 3.8) is 0 Å². The highest BCUT2D eigenvalue weighted by atomic mass is 32.2. The maximum absolute atomic E-state index is 13.3. The number of alkyl halides is 3. The molecule has 9 heteroatoms. The standard InChI is InChI=1S/C26H29F3N2O3S/c1-35(33,34)31(16-24(32)30-23-5-3-2-4-22(23)26(27,28)29)21-8-6-20(7-9-21)25-13-17-10-18(14-25)12-19(11-17)15-25/h2-9,17-19H,10-16H2,1H3,(H,30,32).